The summed E-state index contributed by atoms with van der Waals surface area (Å²) in [5, 5.41) is 0. The molecule has 0 aliphatic carbocycles. The van der Waals surface area contributed by atoms with Crippen LogP contribution >= 0.6 is 0 Å². The molecule has 0 bridgehead atoms. The van der Waals surface area contributed by atoms with E-state index in [4.69, 9.17) is 5.73 Å². The Bertz CT molecular complexity index is 230. The topological polar surface area (TPSA) is 38.9 Å². The molecule has 2 nitrogen and oxygen atoms in total. The van der Waals surface area contributed by atoms with Crippen LogP contribution in [0.15, 0.2) is 24.9 Å². The Morgan fingerprint density at radius 3 is 3.10 bits per heavy atom. The van der Waals surface area contributed by atoms with Gasteiger partial charge in [-0.05, 0) is 23.8 Å². The summed E-state index contributed by atoms with van der Waals surface area (Å²) < 4.78 is 0. The van der Waals surface area contributed by atoms with Gasteiger partial charge in [-0.1, -0.05) is 6.58 Å². The second kappa shape index (κ2) is 3.13. The second-order valence-electron chi connectivity index (χ2n) is 2.00. The molecule has 1 aromatic rings. The molecule has 0 aliphatic heterocycles. The minimum absolute atomic E-state index is 0.559. The number of nitrogens with two attached hydrogens (primary N) is 1. The van der Waals surface area contributed by atoms with Crippen LogP contribution in [0.5, 0.6) is 0 Å². The molecular weight excluding hydrogens is 124 g/mol. The molecule has 2 heteroatoms. The van der Waals surface area contributed by atoms with E-state index < -0.39 is 0 Å². The summed E-state index contributed by atoms with van der Waals surface area (Å²) in [6.45, 7) is 4.16. The maximum atomic E-state index is 5.41. The van der Waals surface area contributed by atoms with Crippen LogP contribution in [0.4, 0.5) is 0 Å². The monoisotopic (exact) mass is 134 g/mol. The molecule has 0 saturated carbocycles. The van der Waals surface area contributed by atoms with Crippen LogP contribution in [0.2, 0.25) is 0 Å². The van der Waals surface area contributed by atoms with Gasteiger partial charge in [-0.15, -0.1) is 0 Å². The smallest absolute Gasteiger partial charge is 0.0626 e. The second-order valence-corrected chi connectivity index (χ2v) is 2.00. The van der Waals surface area contributed by atoms with E-state index in [-0.39, 0.29) is 0 Å². The van der Waals surface area contributed by atoms with E-state index in [0.717, 1.165) is 11.3 Å². The molecule has 0 amide bonds. The molecular formula is C8H10N2. The third-order valence-electron chi connectivity index (χ3n) is 1.29. The standard InChI is InChI=1S/C8H10N2/c1-2-8-5-7(6-9)3-4-10-8/h2-5H,1,6,9H2. The molecule has 1 aromatic heterocycles. The van der Waals surface area contributed by atoms with Crippen LogP contribution in [-0.2, 0) is 6.54 Å². The Labute approximate surface area is 60.4 Å². The average molecular weight is 134 g/mol. The van der Waals surface area contributed by atoms with Gasteiger partial charge in [0.25, 0.3) is 0 Å². The Morgan fingerprint density at radius 1 is 1.70 bits per heavy atom. The number of pyridine rings is 1. The molecule has 0 unspecified atom stereocenters. The maximum absolute atomic E-state index is 5.41. The number of nitrogens with zero attached hydrogens (tertiary/aromatic N) is 1. The summed E-state index contributed by atoms with van der Waals surface area (Å²) in [5.41, 5.74) is 7.38. The van der Waals surface area contributed by atoms with Crippen molar-refractivity contribution in [2.24, 2.45) is 5.73 Å². The molecule has 1 heterocycles. The van der Waals surface area contributed by atoms with Crippen molar-refractivity contribution >= 4 is 6.08 Å². The molecule has 0 spiro atoms. The quantitative estimate of drug-likeness (QED) is 0.659. The van der Waals surface area contributed by atoms with Crippen LogP contribution in [0.3, 0.4) is 0 Å². The normalized spacial score (nSPS) is 9.30. The minimum Gasteiger partial charge on any atom is -0.326 e. The summed E-state index contributed by atoms with van der Waals surface area (Å²) in [5.74, 6) is 0. The van der Waals surface area contributed by atoms with E-state index in [0.29, 0.717) is 6.54 Å². The van der Waals surface area contributed by atoms with Gasteiger partial charge in [-0.25, -0.2) is 0 Å². The molecule has 10 heavy (non-hydrogen) atoms. The van der Waals surface area contributed by atoms with Crippen LogP contribution in [0.1, 0.15) is 11.3 Å². The van der Waals surface area contributed by atoms with Gasteiger partial charge >= 0.3 is 0 Å². The lowest BCUT2D eigenvalue weighted by molar-refractivity contribution is 1.05. The predicted molar refractivity (Wildman–Crippen MR) is 42.2 cm³/mol. The van der Waals surface area contributed by atoms with Gasteiger partial charge in [0.15, 0.2) is 0 Å². The zero-order chi connectivity index (χ0) is 7.40. The zero-order valence-electron chi connectivity index (χ0n) is 5.75. The Balaban J connectivity index is 2.98. The van der Waals surface area contributed by atoms with Crippen molar-refractivity contribution < 1.29 is 0 Å². The number of hydrogen-bond acceptors (Lipinski definition) is 2. The first-order valence-corrected chi connectivity index (χ1v) is 3.14. The van der Waals surface area contributed by atoms with E-state index in [1.165, 1.54) is 0 Å². The van der Waals surface area contributed by atoms with E-state index in [2.05, 4.69) is 11.6 Å². The lowest BCUT2D eigenvalue weighted by Crippen LogP contribution is -1.96. The van der Waals surface area contributed by atoms with Gasteiger partial charge in [0.2, 0.25) is 0 Å². The molecule has 2 N–H and O–H groups in total. The fraction of sp³-hybridized carbons (Fsp3) is 0.125. The number of aromatic nitrogens is 1. The molecule has 52 valence electrons. The summed E-state index contributed by atoms with van der Waals surface area (Å²) in [4.78, 5) is 4.03. The Kier molecular flexibility index (Phi) is 2.18. The highest BCUT2D eigenvalue weighted by atomic mass is 14.7. The van der Waals surface area contributed by atoms with Crippen molar-refractivity contribution in [1.82, 2.24) is 4.98 Å². The van der Waals surface area contributed by atoms with Crippen molar-refractivity contribution in [3.63, 3.8) is 0 Å². The largest absolute Gasteiger partial charge is 0.326 e. The first kappa shape index (κ1) is 6.96. The molecule has 0 saturated heterocycles. The predicted octanol–water partition coefficient (Wildman–Crippen LogP) is 1.18. The summed E-state index contributed by atoms with van der Waals surface area (Å²) >= 11 is 0. The van der Waals surface area contributed by atoms with Gasteiger partial charge < -0.3 is 5.73 Å². The fourth-order valence-electron chi connectivity index (χ4n) is 0.733. The first-order valence-electron chi connectivity index (χ1n) is 3.14. The van der Waals surface area contributed by atoms with Gasteiger partial charge in [0, 0.05) is 12.7 Å². The summed E-state index contributed by atoms with van der Waals surface area (Å²) in [6, 6.07) is 3.82. The van der Waals surface area contributed by atoms with E-state index >= 15 is 0 Å². The van der Waals surface area contributed by atoms with Gasteiger partial charge in [-0.2, -0.15) is 0 Å². The number of rotatable bonds is 2. The van der Waals surface area contributed by atoms with Crippen LogP contribution in [0.25, 0.3) is 6.08 Å². The van der Waals surface area contributed by atoms with Crippen molar-refractivity contribution in [2.45, 2.75) is 6.54 Å². The lowest BCUT2D eigenvalue weighted by Gasteiger charge is -1.95. The molecule has 1 rings (SSSR count). The molecule has 0 atom stereocenters. The maximum Gasteiger partial charge on any atom is 0.0626 e. The Morgan fingerprint density at radius 2 is 2.50 bits per heavy atom. The highest BCUT2D eigenvalue weighted by Crippen LogP contribution is 2.00. The number of hydrogen-bond donors (Lipinski definition) is 1. The van der Waals surface area contributed by atoms with Crippen molar-refractivity contribution in [3.8, 4) is 0 Å². The fourth-order valence-corrected chi connectivity index (χ4v) is 0.733. The van der Waals surface area contributed by atoms with Crippen molar-refractivity contribution in [1.29, 1.82) is 0 Å². The third kappa shape index (κ3) is 1.42. The van der Waals surface area contributed by atoms with Crippen molar-refractivity contribution in [3.05, 3.63) is 36.2 Å². The zero-order valence-corrected chi connectivity index (χ0v) is 5.75. The molecule has 0 fully saturated rings. The minimum atomic E-state index is 0.559. The lowest BCUT2D eigenvalue weighted by atomic mass is 10.2. The summed E-state index contributed by atoms with van der Waals surface area (Å²) in [7, 11) is 0. The molecule has 0 aliphatic rings. The van der Waals surface area contributed by atoms with Gasteiger partial charge in [0.05, 0.1) is 5.69 Å². The SMILES string of the molecule is C=Cc1cc(CN)ccn1. The average Bonchev–Trinajstić information content (AvgIpc) is 2.05. The first-order chi connectivity index (χ1) is 4.86. The van der Waals surface area contributed by atoms with Crippen molar-refractivity contribution in [2.75, 3.05) is 0 Å². The van der Waals surface area contributed by atoms with Crippen LogP contribution in [-0.4, -0.2) is 4.98 Å². The van der Waals surface area contributed by atoms with Crippen LogP contribution in [0, 0.1) is 0 Å². The summed E-state index contributed by atoms with van der Waals surface area (Å²) in [6.07, 6.45) is 3.44. The van der Waals surface area contributed by atoms with E-state index in [1.807, 2.05) is 12.1 Å². The highest BCUT2D eigenvalue weighted by molar-refractivity contribution is 5.42. The van der Waals surface area contributed by atoms with Crippen LogP contribution < -0.4 is 5.73 Å². The van der Waals surface area contributed by atoms with Gasteiger partial charge in [-0.3, -0.25) is 4.98 Å². The van der Waals surface area contributed by atoms with E-state index in [9.17, 15) is 0 Å². The molecule has 0 aromatic carbocycles. The highest BCUT2D eigenvalue weighted by Gasteiger charge is 1.89. The van der Waals surface area contributed by atoms with Gasteiger partial charge in [0.1, 0.15) is 0 Å². The van der Waals surface area contributed by atoms with E-state index in [1.54, 1.807) is 12.3 Å². The molecule has 0 radical (unpaired) electrons. The third-order valence-corrected chi connectivity index (χ3v) is 1.29. The Hall–Kier alpha value is -1.15.